The highest BCUT2D eigenvalue weighted by atomic mass is 32.2. The van der Waals surface area contributed by atoms with Gasteiger partial charge in [-0.1, -0.05) is 85.6 Å². The maximum absolute atomic E-state index is 14.0. The van der Waals surface area contributed by atoms with Crippen LogP contribution in [0.2, 0.25) is 0 Å². The number of unbranched alkanes of at least 4 members (excludes halogenated alkanes) is 1. The highest BCUT2D eigenvalue weighted by molar-refractivity contribution is 7.92. The van der Waals surface area contributed by atoms with Crippen molar-refractivity contribution in [1.82, 2.24) is 10.2 Å². The van der Waals surface area contributed by atoms with Crippen LogP contribution in [0.3, 0.4) is 0 Å². The molecule has 0 aliphatic rings. The largest absolute Gasteiger partial charge is 0.354 e. The lowest BCUT2D eigenvalue weighted by atomic mass is 10.0. The molecule has 226 valence electrons. The summed E-state index contributed by atoms with van der Waals surface area (Å²) in [6.07, 6.45) is 3.81. The fraction of sp³-hybridized carbons (Fsp3) is 0.412. The van der Waals surface area contributed by atoms with E-state index in [-0.39, 0.29) is 31.3 Å². The monoisotopic (exact) mass is 591 g/mol. The van der Waals surface area contributed by atoms with Crippen LogP contribution < -0.4 is 9.62 Å². The molecule has 3 rings (SSSR count). The molecule has 0 bridgehead atoms. The number of rotatable bonds is 15. The molecule has 1 atom stereocenters. The lowest BCUT2D eigenvalue weighted by Gasteiger charge is -2.32. The molecule has 2 amide bonds. The molecule has 8 heteroatoms. The van der Waals surface area contributed by atoms with Crippen molar-refractivity contribution in [3.05, 3.63) is 101 Å². The second-order valence-corrected chi connectivity index (χ2v) is 13.0. The molecule has 0 heterocycles. The molecule has 3 aromatic carbocycles. The normalized spacial score (nSPS) is 12.0. The minimum atomic E-state index is -3.57. The molecule has 0 aromatic heterocycles. The molecule has 0 saturated carbocycles. The van der Waals surface area contributed by atoms with E-state index in [9.17, 15) is 18.0 Å². The first-order valence-electron chi connectivity index (χ1n) is 14.7. The zero-order chi connectivity index (χ0) is 30.7. The van der Waals surface area contributed by atoms with Crippen LogP contribution in [0.4, 0.5) is 5.69 Å². The van der Waals surface area contributed by atoms with Gasteiger partial charge in [0.1, 0.15) is 6.04 Å². The molecule has 7 nitrogen and oxygen atoms in total. The van der Waals surface area contributed by atoms with Crippen LogP contribution in [-0.2, 0) is 32.6 Å². The number of benzene rings is 3. The lowest BCUT2D eigenvalue weighted by molar-refractivity contribution is -0.141. The van der Waals surface area contributed by atoms with Gasteiger partial charge in [0.05, 0.1) is 11.9 Å². The third kappa shape index (κ3) is 9.72. The van der Waals surface area contributed by atoms with Gasteiger partial charge in [-0.05, 0) is 61.9 Å². The molecular weight excluding hydrogens is 546 g/mol. The molecular formula is C34H45N3O4S. The van der Waals surface area contributed by atoms with Gasteiger partial charge in [0, 0.05) is 32.5 Å². The Morgan fingerprint density at radius 2 is 1.55 bits per heavy atom. The number of nitrogens with one attached hydrogen (secondary N) is 1. The third-order valence-corrected chi connectivity index (χ3v) is 8.50. The third-order valence-electron chi connectivity index (χ3n) is 7.32. The van der Waals surface area contributed by atoms with E-state index in [1.807, 2.05) is 93.6 Å². The van der Waals surface area contributed by atoms with Gasteiger partial charge >= 0.3 is 0 Å². The van der Waals surface area contributed by atoms with Crippen molar-refractivity contribution in [2.24, 2.45) is 0 Å². The number of anilines is 1. The van der Waals surface area contributed by atoms with Gasteiger partial charge in [-0.2, -0.15) is 0 Å². The maximum atomic E-state index is 14.0. The molecule has 3 aromatic rings. The van der Waals surface area contributed by atoms with Crippen LogP contribution in [0, 0.1) is 20.8 Å². The summed E-state index contributed by atoms with van der Waals surface area (Å²) in [5.41, 5.74) is 5.42. The Morgan fingerprint density at radius 1 is 0.857 bits per heavy atom. The van der Waals surface area contributed by atoms with Crippen molar-refractivity contribution >= 4 is 27.5 Å². The standard InChI is InChI=1S/C34H45N3O4S/c1-6-7-20-35-34(39)32(24-29-14-9-8-10-15-29)36(25-30-16-11-13-26(2)22-30)33(38)17-12-21-37(42(5,40)41)31-23-27(3)18-19-28(31)4/h8-11,13-16,18-19,22-23,32H,6-7,12,17,20-21,24-25H2,1-5H3,(H,35,39)/t32-/m0/s1. The van der Waals surface area contributed by atoms with Gasteiger partial charge in [-0.25, -0.2) is 8.42 Å². The molecule has 0 spiro atoms. The van der Waals surface area contributed by atoms with Crippen LogP contribution in [0.25, 0.3) is 0 Å². The lowest BCUT2D eigenvalue weighted by Crippen LogP contribution is -2.50. The van der Waals surface area contributed by atoms with E-state index in [4.69, 9.17) is 0 Å². The second-order valence-electron chi connectivity index (χ2n) is 11.1. The summed E-state index contributed by atoms with van der Waals surface area (Å²) in [5, 5.41) is 3.04. The highest BCUT2D eigenvalue weighted by Crippen LogP contribution is 2.25. The highest BCUT2D eigenvalue weighted by Gasteiger charge is 2.30. The van der Waals surface area contributed by atoms with Gasteiger partial charge < -0.3 is 10.2 Å². The summed E-state index contributed by atoms with van der Waals surface area (Å²) in [4.78, 5) is 29.2. The Morgan fingerprint density at radius 3 is 2.21 bits per heavy atom. The van der Waals surface area contributed by atoms with E-state index in [2.05, 4.69) is 12.2 Å². The number of sulfonamides is 1. The van der Waals surface area contributed by atoms with Gasteiger partial charge in [0.2, 0.25) is 21.8 Å². The van der Waals surface area contributed by atoms with E-state index in [0.29, 0.717) is 25.1 Å². The number of hydrogen-bond donors (Lipinski definition) is 1. The smallest absolute Gasteiger partial charge is 0.243 e. The van der Waals surface area contributed by atoms with Gasteiger partial charge in [0.25, 0.3) is 0 Å². The number of amides is 2. The van der Waals surface area contributed by atoms with Crippen molar-refractivity contribution in [2.75, 3.05) is 23.7 Å². The van der Waals surface area contributed by atoms with Gasteiger partial charge in [0.15, 0.2) is 0 Å². The van der Waals surface area contributed by atoms with E-state index in [1.54, 1.807) is 4.90 Å². The van der Waals surface area contributed by atoms with Crippen LogP contribution in [0.15, 0.2) is 72.8 Å². The first kappa shape index (κ1) is 32.9. The minimum absolute atomic E-state index is 0.107. The quantitative estimate of drug-likeness (QED) is 0.229. The fourth-order valence-corrected chi connectivity index (χ4v) is 6.05. The van der Waals surface area contributed by atoms with Crippen molar-refractivity contribution in [2.45, 2.75) is 72.4 Å². The van der Waals surface area contributed by atoms with Crippen LogP contribution in [-0.4, -0.2) is 50.5 Å². The second kappa shape index (κ2) is 15.5. The van der Waals surface area contributed by atoms with Crippen LogP contribution in [0.1, 0.15) is 60.4 Å². The Labute approximate surface area is 252 Å². The summed E-state index contributed by atoms with van der Waals surface area (Å²) in [6, 6.07) is 22.7. The predicted molar refractivity (Wildman–Crippen MR) is 171 cm³/mol. The number of nitrogens with zero attached hydrogens (tertiary/aromatic N) is 2. The number of carbonyl (C=O) groups is 2. The van der Waals surface area contributed by atoms with Crippen molar-refractivity contribution < 1.29 is 18.0 Å². The average Bonchev–Trinajstić information content (AvgIpc) is 2.94. The summed E-state index contributed by atoms with van der Waals surface area (Å²) < 4.78 is 26.9. The van der Waals surface area contributed by atoms with Gasteiger partial charge in [-0.15, -0.1) is 0 Å². The van der Waals surface area contributed by atoms with Gasteiger partial charge in [-0.3, -0.25) is 13.9 Å². The number of aryl methyl sites for hydroxylation is 3. The summed E-state index contributed by atoms with van der Waals surface area (Å²) >= 11 is 0. The molecule has 42 heavy (non-hydrogen) atoms. The molecule has 0 radical (unpaired) electrons. The van der Waals surface area contributed by atoms with E-state index >= 15 is 0 Å². The zero-order valence-corrected chi connectivity index (χ0v) is 26.4. The van der Waals surface area contributed by atoms with Crippen LogP contribution in [0.5, 0.6) is 0 Å². The summed E-state index contributed by atoms with van der Waals surface area (Å²) in [5.74, 6) is -0.362. The summed E-state index contributed by atoms with van der Waals surface area (Å²) in [7, 11) is -3.57. The first-order chi connectivity index (χ1) is 20.0. The molecule has 0 fully saturated rings. The van der Waals surface area contributed by atoms with Crippen molar-refractivity contribution in [3.63, 3.8) is 0 Å². The predicted octanol–water partition coefficient (Wildman–Crippen LogP) is 5.71. The fourth-order valence-electron chi connectivity index (χ4n) is 5.04. The zero-order valence-electron chi connectivity index (χ0n) is 25.6. The topological polar surface area (TPSA) is 86.8 Å². The Hall–Kier alpha value is -3.65. The van der Waals surface area contributed by atoms with E-state index in [1.165, 1.54) is 10.6 Å². The molecule has 0 aliphatic heterocycles. The number of carbonyl (C=O) groups excluding carboxylic acids is 2. The molecule has 0 aliphatic carbocycles. The number of hydrogen-bond acceptors (Lipinski definition) is 4. The van der Waals surface area contributed by atoms with Crippen molar-refractivity contribution in [3.8, 4) is 0 Å². The Bertz CT molecular complexity index is 1440. The molecule has 0 saturated heterocycles. The average molecular weight is 592 g/mol. The summed E-state index contributed by atoms with van der Waals surface area (Å²) in [6.45, 7) is 8.87. The van der Waals surface area contributed by atoms with E-state index in [0.717, 1.165) is 40.7 Å². The van der Waals surface area contributed by atoms with E-state index < -0.39 is 16.1 Å². The Balaban J connectivity index is 1.89. The molecule has 0 unspecified atom stereocenters. The Kier molecular flexibility index (Phi) is 12.2. The SMILES string of the molecule is CCCCNC(=O)[C@H](Cc1ccccc1)N(Cc1cccc(C)c1)C(=O)CCCN(c1cc(C)ccc1C)S(C)(=O)=O. The first-order valence-corrected chi connectivity index (χ1v) is 16.6. The minimum Gasteiger partial charge on any atom is -0.354 e. The maximum Gasteiger partial charge on any atom is 0.243 e. The van der Waals surface area contributed by atoms with Crippen molar-refractivity contribution in [1.29, 1.82) is 0 Å². The van der Waals surface area contributed by atoms with Crippen LogP contribution >= 0.6 is 0 Å². The molecule has 1 N–H and O–H groups in total.